The van der Waals surface area contributed by atoms with E-state index in [1.807, 2.05) is 13.8 Å². The second-order valence-corrected chi connectivity index (χ2v) is 30.1. The Hall–Kier alpha value is -9.11. The molecule has 0 spiro atoms. The summed E-state index contributed by atoms with van der Waals surface area (Å²) in [6.07, 6.45) is -17.7. The van der Waals surface area contributed by atoms with Gasteiger partial charge in [0, 0.05) is 49.8 Å². The second-order valence-electron chi connectivity index (χ2n) is 27.3. The number of primary amides is 1. The standard InChI is InChI=1S/C72H78BrCl2N9O23S/c1-27(2)16-40(78-5)64(94)83-55-57(89)30-7-14-44(38(74)18-30)103-46-20-32-21-47(61(46)107-71-62(106-50-25-72(4,77)63(93)28(3)102-50)60(92)59(91)48(105-71)26-108-35-11-9-33(73)10-12-35)104-45-15-8-31(19-39(45)75)58(90)56-69(99)82-54(70(100)101)37-22-34(85)23-43(87)51(37)36-17-29(6-13-42(36)86)52(66(96)84-56)81-67(97)53(32)80-65(95)41(24-49(76)88)79-68(55)98/h6-15,17-23,27-28,40-41,48,50,52-60,62-63,71,78,85-87,89-93H,16,24-26,77H2,1-5H3,(H2,76,88)(H,79,98)(H,80,95)(H,81,97)(H,82,99)(H,83,94)(H,84,96)(H,100,101)/t28?,40-,41-,48?,50?,52?,53?,54+,55+,56-,57+,58+,59?,60?,62?,63?,71?,72?/m0/s1. The lowest BCUT2D eigenvalue weighted by molar-refractivity contribution is -0.329. The summed E-state index contributed by atoms with van der Waals surface area (Å²) < 4.78 is 40.4. The van der Waals surface area contributed by atoms with Crippen molar-refractivity contribution in [2.24, 2.45) is 17.4 Å². The number of aliphatic carboxylic acids is 1. The van der Waals surface area contributed by atoms with Crippen LogP contribution in [0.3, 0.4) is 0 Å². The number of phenolic OH excluding ortho intramolecular Hbond substituents is 3. The first-order chi connectivity index (χ1) is 51.1. The third kappa shape index (κ3) is 17.5. The number of carboxylic acids is 1. The summed E-state index contributed by atoms with van der Waals surface area (Å²) in [4.78, 5) is 118. The van der Waals surface area contributed by atoms with Crippen molar-refractivity contribution in [2.45, 2.75) is 161 Å². The van der Waals surface area contributed by atoms with E-state index >= 15 is 14.4 Å². The fraction of sp³-hybridized carbons (Fsp3) is 0.389. The number of carboxylic acid groups (broad SMARTS) is 1. The van der Waals surface area contributed by atoms with Crippen LogP contribution in [0.25, 0.3) is 11.1 Å². The number of thioether (sulfide) groups is 1. The zero-order chi connectivity index (χ0) is 78.2. The normalized spacial score (nSPS) is 28.3. The highest BCUT2D eigenvalue weighted by Crippen LogP contribution is 2.50. The maximum absolute atomic E-state index is 16.2. The van der Waals surface area contributed by atoms with Crippen LogP contribution in [-0.4, -0.2) is 185 Å². The van der Waals surface area contributed by atoms with E-state index < -0.39 is 225 Å². The minimum absolute atomic E-state index is 0.0799. The number of aromatic hydroxyl groups is 3. The van der Waals surface area contributed by atoms with Gasteiger partial charge in [-0.25, -0.2) is 4.79 Å². The molecule has 32 nitrogen and oxygen atoms in total. The van der Waals surface area contributed by atoms with Crippen molar-refractivity contribution in [3.05, 3.63) is 145 Å². The summed E-state index contributed by atoms with van der Waals surface area (Å²) in [5, 5.41) is 122. The van der Waals surface area contributed by atoms with Gasteiger partial charge < -0.3 is 123 Å². The minimum Gasteiger partial charge on any atom is -0.508 e. The smallest absolute Gasteiger partial charge is 0.330 e. The topological polar surface area (TPSA) is 510 Å². The molecule has 108 heavy (non-hydrogen) atoms. The van der Waals surface area contributed by atoms with E-state index in [-0.39, 0.29) is 57.7 Å². The lowest BCUT2D eigenvalue weighted by Gasteiger charge is -2.47. The molecule has 13 rings (SSSR count). The molecule has 0 aliphatic carbocycles. The first-order valence-electron chi connectivity index (χ1n) is 33.8. The Morgan fingerprint density at radius 1 is 0.713 bits per heavy atom. The average molecular weight is 1620 g/mol. The number of halogens is 3. The van der Waals surface area contributed by atoms with Gasteiger partial charge >= 0.3 is 5.97 Å². The summed E-state index contributed by atoms with van der Waals surface area (Å²) in [5.74, 6) is -15.7. The average Bonchev–Trinajstić information content (AvgIpc) is 0.767. The molecule has 11 bridgehead atoms. The fourth-order valence-electron chi connectivity index (χ4n) is 13.2. The lowest BCUT2D eigenvalue weighted by atomic mass is 9.86. The molecule has 0 saturated carbocycles. The zero-order valence-corrected chi connectivity index (χ0v) is 61.9. The van der Waals surface area contributed by atoms with E-state index in [1.54, 1.807) is 31.2 Å². The van der Waals surface area contributed by atoms with Crippen LogP contribution in [0.1, 0.15) is 105 Å². The van der Waals surface area contributed by atoms with Crippen LogP contribution in [0.5, 0.6) is 46.0 Å². The molecular formula is C72H78BrCl2N9O23S. The van der Waals surface area contributed by atoms with Gasteiger partial charge in [0.15, 0.2) is 29.9 Å². The molecule has 36 heteroatoms. The Morgan fingerprint density at radius 2 is 1.32 bits per heavy atom. The predicted octanol–water partition coefficient (Wildman–Crippen LogP) is 3.67. The van der Waals surface area contributed by atoms with Crippen molar-refractivity contribution in [1.29, 1.82) is 0 Å². The number of fused-ring (bicyclic) bond motifs is 15. The maximum Gasteiger partial charge on any atom is 0.330 e. The van der Waals surface area contributed by atoms with Crippen LogP contribution in [0, 0.1) is 5.92 Å². The van der Waals surface area contributed by atoms with Gasteiger partial charge in [0.25, 0.3) is 0 Å². The highest BCUT2D eigenvalue weighted by atomic mass is 79.9. The first-order valence-corrected chi connectivity index (χ1v) is 36.3. The molecule has 0 aromatic heterocycles. The molecule has 6 aromatic rings. The molecule has 7 aliphatic heterocycles. The number of amides is 7. The van der Waals surface area contributed by atoms with Gasteiger partial charge in [-0.15, -0.1) is 11.8 Å². The number of aliphatic hydroxyl groups is 5. The Kier molecular flexibility index (Phi) is 24.4. The van der Waals surface area contributed by atoms with Crippen molar-refractivity contribution in [2.75, 3.05) is 12.8 Å². The van der Waals surface area contributed by atoms with Gasteiger partial charge in [-0.1, -0.05) is 71.2 Å². The van der Waals surface area contributed by atoms with Gasteiger partial charge in [0.05, 0.1) is 40.8 Å². The Labute approximate surface area is 638 Å². The van der Waals surface area contributed by atoms with Crippen LogP contribution < -0.4 is 62.9 Å². The molecule has 7 heterocycles. The molecule has 11 unspecified atom stereocenters. The number of benzene rings is 6. The van der Waals surface area contributed by atoms with Gasteiger partial charge in [-0.2, -0.15) is 0 Å². The summed E-state index contributed by atoms with van der Waals surface area (Å²) >= 11 is 18.9. The number of aliphatic hydroxyl groups excluding tert-OH is 5. The van der Waals surface area contributed by atoms with Crippen molar-refractivity contribution in [1.82, 2.24) is 37.2 Å². The largest absolute Gasteiger partial charge is 0.508 e. The molecule has 6 aromatic carbocycles. The first kappa shape index (κ1) is 79.9. The Bertz CT molecular complexity index is 4490. The number of phenols is 3. The maximum atomic E-state index is 16.2. The number of ether oxygens (including phenoxy) is 6. The number of likely N-dealkylation sites (N-methyl/N-ethyl adjacent to an activating group) is 1. The van der Waals surface area contributed by atoms with Crippen LogP contribution in [0.4, 0.5) is 0 Å². The van der Waals surface area contributed by atoms with Crippen molar-refractivity contribution in [3.63, 3.8) is 0 Å². The third-order valence-electron chi connectivity index (χ3n) is 18.8. The Balaban J connectivity index is 1.16. The zero-order valence-electron chi connectivity index (χ0n) is 58.0. The Morgan fingerprint density at radius 3 is 1.93 bits per heavy atom. The molecule has 2 fully saturated rings. The highest BCUT2D eigenvalue weighted by Gasteiger charge is 2.52. The van der Waals surface area contributed by atoms with Gasteiger partial charge in [0.1, 0.15) is 83.4 Å². The number of nitrogens with two attached hydrogens (primary N) is 2. The monoisotopic (exact) mass is 1620 g/mol. The van der Waals surface area contributed by atoms with E-state index in [2.05, 4.69) is 53.1 Å². The summed E-state index contributed by atoms with van der Waals surface area (Å²) in [5.41, 5.74) is 8.27. The van der Waals surface area contributed by atoms with Gasteiger partial charge in [-0.3, -0.25) is 33.6 Å². The summed E-state index contributed by atoms with van der Waals surface area (Å²) in [6.45, 7) is 6.72. The molecule has 2 saturated heterocycles. The van der Waals surface area contributed by atoms with E-state index in [0.29, 0.717) is 4.90 Å². The van der Waals surface area contributed by atoms with Crippen molar-refractivity contribution >= 4 is 98.2 Å². The highest BCUT2D eigenvalue weighted by molar-refractivity contribution is 9.10. The molecular weight excluding hydrogens is 1540 g/mol. The number of hydrogen-bond acceptors (Lipinski definition) is 25. The molecule has 20 N–H and O–H groups in total. The number of carbonyl (C=O) groups is 8. The molecule has 576 valence electrons. The molecule has 0 radical (unpaired) electrons. The van der Waals surface area contributed by atoms with E-state index in [1.165, 1.54) is 43.9 Å². The molecule has 7 amide bonds. The van der Waals surface area contributed by atoms with E-state index in [9.17, 15) is 69.9 Å². The van der Waals surface area contributed by atoms with Crippen LogP contribution in [-0.2, 0) is 52.6 Å². The second kappa shape index (κ2) is 33.0. The van der Waals surface area contributed by atoms with E-state index in [4.69, 9.17) is 63.1 Å². The number of hydrogen-bond donors (Lipinski definition) is 18. The SMILES string of the molecule is CN[C@@H](CC(C)C)C(=O)N[C@H]1C(=O)N[C@@H](CC(N)=O)C(=O)NC2C(=O)NC3C(=O)N[C@H](C(=O)N[C@@H](C(=O)O)c4cc(O)cc(O)c4-c4cc3ccc4O)[C@H](O)c3ccc(c(Cl)c3)Oc3cc2cc(c3OC2OC(CSc3ccc(Br)cc3)C(O)C(O)C2OC2CC(C)(N)C(O)C(C)O2)Oc2ccc(cc2Cl)[C@H]1O. The number of carbonyl (C=O) groups excluding carboxylic acids is 7. The summed E-state index contributed by atoms with van der Waals surface area (Å²) in [6, 6.07) is 6.82. The van der Waals surface area contributed by atoms with Crippen molar-refractivity contribution in [3.8, 4) is 57.1 Å². The van der Waals surface area contributed by atoms with Crippen LogP contribution >= 0.6 is 50.9 Å². The lowest BCUT2D eigenvalue weighted by Crippen LogP contribution is -2.64. The minimum atomic E-state index is -2.33. The molecule has 7 aliphatic rings. The van der Waals surface area contributed by atoms with Crippen LogP contribution in [0.15, 0.2) is 112 Å². The summed E-state index contributed by atoms with van der Waals surface area (Å²) in [7, 11) is 1.48. The number of rotatable bonds is 15. The van der Waals surface area contributed by atoms with Crippen LogP contribution in [0.2, 0.25) is 10.0 Å². The third-order valence-corrected chi connectivity index (χ3v) is 21.0. The quantitative estimate of drug-likeness (QED) is 0.0652. The van der Waals surface area contributed by atoms with Gasteiger partial charge in [-0.05, 0) is 134 Å². The van der Waals surface area contributed by atoms with E-state index in [0.717, 1.165) is 65.1 Å². The van der Waals surface area contributed by atoms with Gasteiger partial charge in [0.2, 0.25) is 53.4 Å². The van der Waals surface area contributed by atoms with Crippen molar-refractivity contribution < 1.29 is 113 Å². The molecule has 18 atom stereocenters. The predicted molar refractivity (Wildman–Crippen MR) is 387 cm³/mol. The number of nitrogens with one attached hydrogen (secondary N) is 7. The fourth-order valence-corrected chi connectivity index (χ4v) is 14.9.